The van der Waals surface area contributed by atoms with Gasteiger partial charge in [-0.2, -0.15) is 0 Å². The summed E-state index contributed by atoms with van der Waals surface area (Å²) >= 11 is 0. The first kappa shape index (κ1) is 25.9. The zero-order valence-corrected chi connectivity index (χ0v) is 18.4. The predicted octanol–water partition coefficient (Wildman–Crippen LogP) is 7.10. The third-order valence-corrected chi connectivity index (χ3v) is 5.44. The summed E-state index contributed by atoms with van der Waals surface area (Å²) in [7, 11) is 0. The van der Waals surface area contributed by atoms with Gasteiger partial charge in [-0.3, -0.25) is 14.9 Å². The van der Waals surface area contributed by atoms with Gasteiger partial charge in [0.15, 0.2) is 0 Å². The van der Waals surface area contributed by atoms with Gasteiger partial charge in [-0.15, -0.1) is 0 Å². The minimum atomic E-state index is -0.355. The molecule has 0 fully saturated rings. The molecule has 0 aromatic heterocycles. The van der Waals surface area contributed by atoms with Crippen molar-refractivity contribution in [2.75, 3.05) is 0 Å². The molecule has 0 rings (SSSR count). The molecule has 0 spiro atoms. The molecule has 0 saturated heterocycles. The maximum Gasteiger partial charge on any atom is 0.252 e. The summed E-state index contributed by atoms with van der Waals surface area (Å²) in [4.78, 5) is 22.9. The molecule has 0 radical (unpaired) electrons. The van der Waals surface area contributed by atoms with Crippen LogP contribution in [0.1, 0.15) is 124 Å². The molecular weight excluding hydrogens is 334 g/mol. The second kappa shape index (κ2) is 18.3. The Morgan fingerprint density at radius 3 is 1.59 bits per heavy atom. The highest BCUT2D eigenvalue weighted by molar-refractivity contribution is 6.03. The van der Waals surface area contributed by atoms with Crippen molar-refractivity contribution in [3.8, 4) is 0 Å². The van der Waals surface area contributed by atoms with Gasteiger partial charge in [-0.25, -0.2) is 0 Å². The monoisotopic (exact) mass is 379 g/mol. The lowest BCUT2D eigenvalue weighted by molar-refractivity contribution is -0.128. The summed E-state index contributed by atoms with van der Waals surface area (Å²) in [5.74, 6) is 0.377. The highest BCUT2D eigenvalue weighted by Gasteiger charge is 2.07. The molecule has 0 aromatic rings. The minimum absolute atomic E-state index is 0.178. The van der Waals surface area contributed by atoms with E-state index in [0.717, 1.165) is 18.8 Å². The molecular formula is C24H45NO2. The van der Waals surface area contributed by atoms with Crippen molar-refractivity contribution in [2.24, 2.45) is 5.92 Å². The average molecular weight is 380 g/mol. The van der Waals surface area contributed by atoms with Crippen molar-refractivity contribution < 1.29 is 9.59 Å². The molecule has 1 N–H and O–H groups in total. The quantitative estimate of drug-likeness (QED) is 0.204. The summed E-state index contributed by atoms with van der Waals surface area (Å²) in [5, 5.41) is 2.36. The molecule has 0 aliphatic carbocycles. The van der Waals surface area contributed by atoms with E-state index >= 15 is 0 Å². The van der Waals surface area contributed by atoms with Crippen molar-refractivity contribution in [3.63, 3.8) is 0 Å². The second-order valence-corrected chi connectivity index (χ2v) is 8.31. The lowest BCUT2D eigenvalue weighted by atomic mass is 9.99. The van der Waals surface area contributed by atoms with Crippen LogP contribution in [0.2, 0.25) is 0 Å². The van der Waals surface area contributed by atoms with Crippen molar-refractivity contribution in [1.82, 2.24) is 5.32 Å². The molecule has 0 aliphatic heterocycles. The number of carbonyl (C=O) groups excluding carboxylic acids is 2. The third-order valence-electron chi connectivity index (χ3n) is 5.44. The fourth-order valence-corrected chi connectivity index (χ4v) is 3.22. The Morgan fingerprint density at radius 2 is 1.19 bits per heavy atom. The number of hydrogen-bond donors (Lipinski definition) is 1. The van der Waals surface area contributed by atoms with Gasteiger partial charge in [0.2, 0.25) is 5.91 Å². The fraction of sp³-hybridized carbons (Fsp3) is 0.833. The van der Waals surface area contributed by atoms with Gasteiger partial charge in [-0.05, 0) is 19.3 Å². The number of rotatable bonds is 18. The smallest absolute Gasteiger partial charge is 0.252 e. The molecule has 0 aliphatic rings. The number of carbonyl (C=O) groups is 2. The zero-order chi connectivity index (χ0) is 20.3. The standard InChI is InChI=1S/C24H45NO2/c1-5-22(4)19-17-15-13-11-9-7-6-8-10-12-14-16-18-20-23(26)25-24(27)21(2)3/h22H,2,5-20H2,1,3-4H3,(H,25,26,27). The normalized spacial score (nSPS) is 12.0. The number of nitrogens with one attached hydrogen (secondary N) is 1. The third kappa shape index (κ3) is 18.0. The van der Waals surface area contributed by atoms with Gasteiger partial charge in [-0.1, -0.05) is 110 Å². The lowest BCUT2D eigenvalue weighted by Crippen LogP contribution is -2.30. The lowest BCUT2D eigenvalue weighted by Gasteiger charge is -2.07. The van der Waals surface area contributed by atoms with Crippen LogP contribution in [0.5, 0.6) is 0 Å². The highest BCUT2D eigenvalue weighted by atomic mass is 16.2. The van der Waals surface area contributed by atoms with Gasteiger partial charge >= 0.3 is 0 Å². The van der Waals surface area contributed by atoms with Crippen LogP contribution in [0.15, 0.2) is 12.2 Å². The summed E-state index contributed by atoms with van der Waals surface area (Å²) < 4.78 is 0. The Kier molecular flexibility index (Phi) is 17.5. The van der Waals surface area contributed by atoms with E-state index in [1.165, 1.54) is 83.5 Å². The van der Waals surface area contributed by atoms with E-state index in [-0.39, 0.29) is 11.8 Å². The van der Waals surface area contributed by atoms with Gasteiger partial charge in [0.1, 0.15) is 0 Å². The van der Waals surface area contributed by atoms with E-state index in [2.05, 4.69) is 25.7 Å². The fourth-order valence-electron chi connectivity index (χ4n) is 3.22. The maximum atomic E-state index is 11.5. The number of imide groups is 1. The van der Waals surface area contributed by atoms with Crippen molar-refractivity contribution >= 4 is 11.8 Å². The Labute approximate surface area is 168 Å². The van der Waals surface area contributed by atoms with Gasteiger partial charge in [0.25, 0.3) is 5.91 Å². The molecule has 3 nitrogen and oxygen atoms in total. The minimum Gasteiger partial charge on any atom is -0.293 e. The van der Waals surface area contributed by atoms with Crippen LogP contribution in [0, 0.1) is 5.92 Å². The van der Waals surface area contributed by atoms with Crippen molar-refractivity contribution in [1.29, 1.82) is 0 Å². The van der Waals surface area contributed by atoms with Crippen LogP contribution >= 0.6 is 0 Å². The average Bonchev–Trinajstić information content (AvgIpc) is 2.64. The summed E-state index contributed by atoms with van der Waals surface area (Å²) in [6.07, 6.45) is 20.1. The summed E-state index contributed by atoms with van der Waals surface area (Å²) in [6.45, 7) is 9.79. The zero-order valence-electron chi connectivity index (χ0n) is 18.4. The summed E-state index contributed by atoms with van der Waals surface area (Å²) in [6, 6.07) is 0. The van der Waals surface area contributed by atoms with Crippen LogP contribution in [-0.4, -0.2) is 11.8 Å². The molecule has 27 heavy (non-hydrogen) atoms. The van der Waals surface area contributed by atoms with E-state index in [9.17, 15) is 9.59 Å². The number of unbranched alkanes of at least 4 members (excludes halogenated alkanes) is 12. The van der Waals surface area contributed by atoms with Crippen molar-refractivity contribution in [2.45, 2.75) is 124 Å². The van der Waals surface area contributed by atoms with Crippen LogP contribution < -0.4 is 5.32 Å². The van der Waals surface area contributed by atoms with Crippen molar-refractivity contribution in [3.05, 3.63) is 12.2 Å². The summed E-state index contributed by atoms with van der Waals surface area (Å²) in [5.41, 5.74) is 0.380. The van der Waals surface area contributed by atoms with Crippen LogP contribution in [0.25, 0.3) is 0 Å². The topological polar surface area (TPSA) is 46.2 Å². The van der Waals surface area contributed by atoms with E-state index in [1.807, 2.05) is 0 Å². The Balaban J connectivity index is 3.22. The molecule has 2 amide bonds. The van der Waals surface area contributed by atoms with Gasteiger partial charge < -0.3 is 0 Å². The molecule has 158 valence electrons. The van der Waals surface area contributed by atoms with E-state index in [1.54, 1.807) is 6.92 Å². The molecule has 0 bridgehead atoms. The molecule has 3 heteroatoms. The van der Waals surface area contributed by atoms with E-state index < -0.39 is 0 Å². The number of hydrogen-bond acceptors (Lipinski definition) is 2. The van der Waals surface area contributed by atoms with Crippen LogP contribution in [0.3, 0.4) is 0 Å². The maximum absolute atomic E-state index is 11.5. The molecule has 0 aromatic carbocycles. The van der Waals surface area contributed by atoms with Crippen LogP contribution in [-0.2, 0) is 9.59 Å². The first-order chi connectivity index (χ1) is 13.0. The molecule has 0 heterocycles. The molecule has 1 unspecified atom stereocenters. The van der Waals surface area contributed by atoms with Crippen LogP contribution in [0.4, 0.5) is 0 Å². The second-order valence-electron chi connectivity index (χ2n) is 8.31. The number of amides is 2. The molecule has 0 saturated carbocycles. The highest BCUT2D eigenvalue weighted by Crippen LogP contribution is 2.15. The first-order valence-corrected chi connectivity index (χ1v) is 11.5. The SMILES string of the molecule is C=C(C)C(=O)NC(=O)CCCCCCCCCCCCCCCC(C)CC. The Bertz CT molecular complexity index is 403. The van der Waals surface area contributed by atoms with Gasteiger partial charge in [0, 0.05) is 12.0 Å². The first-order valence-electron chi connectivity index (χ1n) is 11.5. The van der Waals surface area contributed by atoms with E-state index in [4.69, 9.17) is 0 Å². The van der Waals surface area contributed by atoms with E-state index in [0.29, 0.717) is 12.0 Å². The van der Waals surface area contributed by atoms with Gasteiger partial charge in [0.05, 0.1) is 0 Å². The Morgan fingerprint density at radius 1 is 0.778 bits per heavy atom. The predicted molar refractivity (Wildman–Crippen MR) is 117 cm³/mol. The Hall–Kier alpha value is -1.12. The molecule has 1 atom stereocenters. The largest absolute Gasteiger partial charge is 0.293 e.